The van der Waals surface area contributed by atoms with Gasteiger partial charge in [-0.05, 0) is 31.6 Å². The van der Waals surface area contributed by atoms with Crippen LogP contribution in [0.5, 0.6) is 0 Å². The second-order valence-electron chi connectivity index (χ2n) is 3.52. The Morgan fingerprint density at radius 1 is 1.55 bits per heavy atom. The minimum absolute atomic E-state index is 0.0691. The van der Waals surface area contributed by atoms with Gasteiger partial charge in [0.15, 0.2) is 14.1 Å². The molecule has 0 bridgehead atoms. The van der Waals surface area contributed by atoms with Crippen molar-refractivity contribution in [2.24, 2.45) is 0 Å². The molecule has 0 aromatic rings. The average molecular weight is 172 g/mol. The van der Waals surface area contributed by atoms with Crippen LogP contribution in [-0.4, -0.2) is 18.9 Å². The average Bonchev–Trinajstić information content (AvgIpc) is 1.80. The number of carbonyl (C=O) groups is 1. The van der Waals surface area contributed by atoms with Crippen LogP contribution in [0.25, 0.3) is 0 Å². The van der Waals surface area contributed by atoms with Gasteiger partial charge >= 0.3 is 0 Å². The van der Waals surface area contributed by atoms with Gasteiger partial charge in [0.2, 0.25) is 0 Å². The van der Waals surface area contributed by atoms with E-state index in [1.165, 1.54) is 0 Å². The highest BCUT2D eigenvalue weighted by molar-refractivity contribution is 6.70. The summed E-state index contributed by atoms with van der Waals surface area (Å²) in [5, 5.41) is 0. The van der Waals surface area contributed by atoms with Gasteiger partial charge in [0, 0.05) is 6.42 Å². The van der Waals surface area contributed by atoms with Gasteiger partial charge in [-0.3, -0.25) is 4.79 Å². The number of carbonyl (C=O) groups excluding carboxylic acids is 1. The Bertz CT molecular complexity index is 167. The fourth-order valence-electron chi connectivity index (χ4n) is 0.633. The van der Waals surface area contributed by atoms with E-state index in [1.807, 2.05) is 13.1 Å². The van der Waals surface area contributed by atoms with Crippen LogP contribution in [0.15, 0.2) is 12.2 Å². The van der Waals surface area contributed by atoms with Crippen molar-refractivity contribution < 1.29 is 9.59 Å². The van der Waals surface area contributed by atoms with Crippen molar-refractivity contribution in [3.8, 4) is 0 Å². The zero-order chi connectivity index (χ0) is 9.07. The van der Waals surface area contributed by atoms with Crippen molar-refractivity contribution in [3.63, 3.8) is 0 Å². The monoisotopic (exact) mass is 172 g/mol. The first-order valence-corrected chi connectivity index (χ1v) is 6.89. The van der Waals surface area contributed by atoms with Crippen molar-refractivity contribution in [3.05, 3.63) is 12.2 Å². The fraction of sp³-hybridized carbons (Fsp3) is 0.625. The third kappa shape index (κ3) is 6.00. The highest BCUT2D eigenvalue weighted by atomic mass is 28.4. The van der Waals surface area contributed by atoms with Crippen molar-refractivity contribution in [2.45, 2.75) is 32.5 Å². The lowest BCUT2D eigenvalue weighted by atomic mass is 10.2. The summed E-state index contributed by atoms with van der Waals surface area (Å²) in [5.74, 6) is 0.0691. The molecule has 0 unspecified atom stereocenters. The summed E-state index contributed by atoms with van der Waals surface area (Å²) in [7, 11) is -2.03. The van der Waals surface area contributed by atoms with E-state index in [-0.39, 0.29) is 5.78 Å². The van der Waals surface area contributed by atoms with E-state index >= 15 is 0 Å². The highest BCUT2D eigenvalue weighted by Crippen LogP contribution is 2.10. The number of hydrogen-bond acceptors (Lipinski definition) is 2. The van der Waals surface area contributed by atoms with Crippen LogP contribution in [0.1, 0.15) is 13.3 Å². The maximum Gasteiger partial charge on any atom is 0.183 e. The van der Waals surface area contributed by atoms with Gasteiger partial charge in [0.1, 0.15) is 0 Å². The van der Waals surface area contributed by atoms with E-state index in [4.69, 9.17) is 0 Å². The predicted octanol–water partition coefficient (Wildman–Crippen LogP) is 1.72. The molecule has 0 rings (SSSR count). The summed E-state index contributed by atoms with van der Waals surface area (Å²) in [6, 6.07) is 0.638. The first-order valence-electron chi connectivity index (χ1n) is 3.74. The second-order valence-corrected chi connectivity index (χ2v) is 7.64. The predicted molar refractivity (Wildman–Crippen MR) is 48.9 cm³/mol. The quantitative estimate of drug-likeness (QED) is 0.518. The molecular formula is C8H16O2Si. The zero-order valence-corrected chi connectivity index (χ0v) is 8.48. The highest BCUT2D eigenvalue weighted by Gasteiger charge is 2.18. The van der Waals surface area contributed by atoms with Gasteiger partial charge in [0.05, 0.1) is 0 Å². The molecule has 0 aliphatic rings. The zero-order valence-electron chi connectivity index (χ0n) is 7.48. The molecule has 3 heteroatoms. The number of allylic oxidation sites excluding steroid dienone is 1. The van der Waals surface area contributed by atoms with E-state index in [2.05, 4.69) is 6.58 Å². The largest absolute Gasteiger partial charge is 0.432 e. The number of hydrogen-bond donors (Lipinski definition) is 1. The molecule has 0 aliphatic heterocycles. The molecule has 0 aromatic heterocycles. The summed E-state index contributed by atoms with van der Waals surface area (Å²) in [6.45, 7) is 8.91. The summed E-state index contributed by atoms with van der Waals surface area (Å²) >= 11 is 0. The Morgan fingerprint density at radius 3 is 2.27 bits per heavy atom. The second kappa shape index (κ2) is 3.83. The van der Waals surface area contributed by atoms with E-state index in [1.54, 1.807) is 6.92 Å². The molecule has 0 atom stereocenters. The number of rotatable bonds is 4. The standard InChI is InChI=1S/C8H16O2Si/c1-7(2)8(9)5-6-11(3,4)10/h10H,1,5-6H2,2-4H3. The topological polar surface area (TPSA) is 37.3 Å². The third-order valence-electron chi connectivity index (χ3n) is 1.44. The lowest BCUT2D eigenvalue weighted by Crippen LogP contribution is -2.25. The van der Waals surface area contributed by atoms with Gasteiger partial charge in [0.25, 0.3) is 0 Å². The molecule has 0 radical (unpaired) electrons. The van der Waals surface area contributed by atoms with Crippen LogP contribution in [0.4, 0.5) is 0 Å². The molecular weight excluding hydrogens is 156 g/mol. The third-order valence-corrected chi connectivity index (χ3v) is 2.91. The molecule has 0 aliphatic carbocycles. The summed E-state index contributed by atoms with van der Waals surface area (Å²) in [4.78, 5) is 20.4. The number of Topliss-reactive ketones (excluding diaryl/α,β-unsaturated/α-hetero) is 1. The maximum absolute atomic E-state index is 11.0. The SMILES string of the molecule is C=C(C)C(=O)CC[Si](C)(C)O. The molecule has 1 N–H and O–H groups in total. The fourth-order valence-corrected chi connectivity index (χ4v) is 1.47. The van der Waals surface area contributed by atoms with Crippen molar-refractivity contribution >= 4 is 14.1 Å². The molecule has 0 saturated heterocycles. The minimum atomic E-state index is -2.03. The lowest BCUT2D eigenvalue weighted by Gasteiger charge is -2.12. The molecule has 0 amide bonds. The molecule has 0 spiro atoms. The van der Waals surface area contributed by atoms with Crippen LogP contribution in [0, 0.1) is 0 Å². The van der Waals surface area contributed by atoms with Crippen LogP contribution in [0.3, 0.4) is 0 Å². The van der Waals surface area contributed by atoms with E-state index < -0.39 is 8.32 Å². The Hall–Kier alpha value is -0.413. The summed E-state index contributed by atoms with van der Waals surface area (Å²) < 4.78 is 0. The molecule has 11 heavy (non-hydrogen) atoms. The van der Waals surface area contributed by atoms with Crippen molar-refractivity contribution in [1.82, 2.24) is 0 Å². The minimum Gasteiger partial charge on any atom is -0.432 e. The smallest absolute Gasteiger partial charge is 0.183 e. The molecule has 0 fully saturated rings. The Kier molecular flexibility index (Phi) is 3.69. The van der Waals surface area contributed by atoms with E-state index in [9.17, 15) is 9.59 Å². The molecule has 0 heterocycles. The molecule has 64 valence electrons. The maximum atomic E-state index is 11.0. The van der Waals surface area contributed by atoms with Crippen LogP contribution in [0.2, 0.25) is 19.1 Å². The molecule has 0 saturated carbocycles. The van der Waals surface area contributed by atoms with Crippen LogP contribution in [-0.2, 0) is 4.79 Å². The summed E-state index contributed by atoms with van der Waals surface area (Å²) in [6.07, 6.45) is 0.449. The van der Waals surface area contributed by atoms with Crippen LogP contribution >= 0.6 is 0 Å². The van der Waals surface area contributed by atoms with E-state index in [0.717, 1.165) is 0 Å². The van der Waals surface area contributed by atoms with Gasteiger partial charge in [-0.1, -0.05) is 6.58 Å². The van der Waals surface area contributed by atoms with Gasteiger partial charge in [-0.25, -0.2) is 0 Å². The van der Waals surface area contributed by atoms with Gasteiger partial charge in [-0.15, -0.1) is 0 Å². The first kappa shape index (κ1) is 10.6. The normalized spacial score (nSPS) is 11.3. The Labute approximate surface area is 69.1 Å². The van der Waals surface area contributed by atoms with Gasteiger partial charge in [-0.2, -0.15) is 0 Å². The van der Waals surface area contributed by atoms with Gasteiger partial charge < -0.3 is 4.80 Å². The number of ketones is 1. The van der Waals surface area contributed by atoms with Crippen molar-refractivity contribution in [1.29, 1.82) is 0 Å². The van der Waals surface area contributed by atoms with Crippen LogP contribution < -0.4 is 0 Å². The first-order chi connectivity index (χ1) is 4.83. The summed E-state index contributed by atoms with van der Waals surface area (Å²) in [5.41, 5.74) is 0.586. The van der Waals surface area contributed by atoms with Crippen molar-refractivity contribution in [2.75, 3.05) is 0 Å². The van der Waals surface area contributed by atoms with E-state index in [0.29, 0.717) is 18.0 Å². The molecule has 2 nitrogen and oxygen atoms in total. The Balaban J connectivity index is 3.73. The lowest BCUT2D eigenvalue weighted by molar-refractivity contribution is -0.115. The Morgan fingerprint density at radius 2 is 2.00 bits per heavy atom. The molecule has 0 aromatic carbocycles.